The van der Waals surface area contributed by atoms with Crippen molar-refractivity contribution in [2.45, 2.75) is 18.8 Å². The molecule has 7 heteroatoms. The molecule has 0 fully saturated rings. The Morgan fingerprint density at radius 2 is 1.94 bits per heavy atom. The first-order valence-corrected chi connectivity index (χ1v) is 10.1. The third-order valence-corrected chi connectivity index (χ3v) is 5.30. The molecule has 0 saturated carbocycles. The quantitative estimate of drug-likeness (QED) is 0.331. The second-order valence-electron chi connectivity index (χ2n) is 7.32. The molecule has 0 spiro atoms. The second kappa shape index (κ2) is 9.21. The molecule has 156 valence electrons. The number of amides is 1. The minimum Gasteiger partial charge on any atom is -0.361 e. The van der Waals surface area contributed by atoms with Gasteiger partial charge in [-0.25, -0.2) is 0 Å². The molecular weight excluding hydrogens is 392 g/mol. The predicted octanol–water partition coefficient (Wildman–Crippen LogP) is 4.35. The molecule has 0 radical (unpaired) electrons. The van der Waals surface area contributed by atoms with E-state index < -0.39 is 4.92 Å². The summed E-state index contributed by atoms with van der Waals surface area (Å²) in [4.78, 5) is 31.2. The zero-order valence-corrected chi connectivity index (χ0v) is 16.8. The van der Waals surface area contributed by atoms with Gasteiger partial charge in [0.05, 0.1) is 4.92 Å². The van der Waals surface area contributed by atoms with E-state index in [0.29, 0.717) is 13.0 Å². The van der Waals surface area contributed by atoms with E-state index in [9.17, 15) is 14.9 Å². The Morgan fingerprint density at radius 3 is 2.74 bits per heavy atom. The first-order chi connectivity index (χ1) is 15.1. The van der Waals surface area contributed by atoms with Crippen LogP contribution >= 0.6 is 0 Å². The summed E-state index contributed by atoms with van der Waals surface area (Å²) < 4.78 is 0. The largest absolute Gasteiger partial charge is 0.361 e. The Morgan fingerprint density at radius 1 is 1.10 bits per heavy atom. The van der Waals surface area contributed by atoms with Crippen LogP contribution in [-0.4, -0.2) is 27.3 Å². The fraction of sp³-hybridized carbons (Fsp3) is 0.167. The Hall–Kier alpha value is -4.00. The zero-order chi connectivity index (χ0) is 21.6. The highest BCUT2D eigenvalue weighted by Gasteiger charge is 2.23. The van der Waals surface area contributed by atoms with Gasteiger partial charge in [-0.2, -0.15) is 0 Å². The fourth-order valence-corrected chi connectivity index (χ4v) is 3.78. The van der Waals surface area contributed by atoms with Crippen LogP contribution in [0.15, 0.2) is 79.1 Å². The molecule has 0 aliphatic heterocycles. The van der Waals surface area contributed by atoms with Gasteiger partial charge < -0.3 is 10.3 Å². The number of benzene rings is 2. The standard InChI is InChI=1S/C24H22N4O3/c29-24(26-13-11-18-7-3-4-12-25-18)15-21(17-6-5-8-19(14-17)28(30)31)22-16-27-23-10-2-1-9-20(22)23/h1-10,12,14,16,21,27H,11,13,15H2,(H,26,29)/t21-/m1/s1. The van der Waals surface area contributed by atoms with Gasteiger partial charge in [-0.05, 0) is 29.3 Å². The first kappa shape index (κ1) is 20.3. The van der Waals surface area contributed by atoms with E-state index in [-0.39, 0.29) is 23.9 Å². The molecule has 0 unspecified atom stereocenters. The van der Waals surface area contributed by atoms with Gasteiger partial charge in [0.2, 0.25) is 5.91 Å². The van der Waals surface area contributed by atoms with Crippen molar-refractivity contribution in [3.8, 4) is 0 Å². The number of para-hydroxylation sites is 1. The van der Waals surface area contributed by atoms with E-state index in [1.165, 1.54) is 6.07 Å². The normalized spacial score (nSPS) is 11.9. The molecule has 0 aliphatic carbocycles. The molecule has 7 nitrogen and oxygen atoms in total. The number of aromatic amines is 1. The van der Waals surface area contributed by atoms with Crippen LogP contribution in [0.2, 0.25) is 0 Å². The van der Waals surface area contributed by atoms with Crippen molar-refractivity contribution in [2.75, 3.05) is 6.54 Å². The van der Waals surface area contributed by atoms with Crippen molar-refractivity contribution in [1.82, 2.24) is 15.3 Å². The minimum atomic E-state index is -0.414. The molecule has 4 aromatic rings. The van der Waals surface area contributed by atoms with Crippen LogP contribution in [0, 0.1) is 10.1 Å². The Bertz CT molecular complexity index is 1200. The average molecular weight is 414 g/mol. The van der Waals surface area contributed by atoms with Crippen molar-refractivity contribution in [3.63, 3.8) is 0 Å². The molecule has 0 aliphatic rings. The summed E-state index contributed by atoms with van der Waals surface area (Å²) in [6, 6.07) is 20.0. The molecule has 0 saturated heterocycles. The number of nitro benzene ring substituents is 1. The third kappa shape index (κ3) is 4.78. The highest BCUT2D eigenvalue weighted by atomic mass is 16.6. The molecular formula is C24H22N4O3. The van der Waals surface area contributed by atoms with Gasteiger partial charge in [-0.15, -0.1) is 0 Å². The van der Waals surface area contributed by atoms with Crippen LogP contribution in [-0.2, 0) is 11.2 Å². The van der Waals surface area contributed by atoms with Crippen LogP contribution < -0.4 is 5.32 Å². The summed E-state index contributed by atoms with van der Waals surface area (Å²) in [6.07, 6.45) is 4.44. The molecule has 4 rings (SSSR count). The smallest absolute Gasteiger partial charge is 0.269 e. The van der Waals surface area contributed by atoms with Crippen LogP contribution in [0.1, 0.15) is 29.2 Å². The highest BCUT2D eigenvalue weighted by molar-refractivity contribution is 5.86. The predicted molar refractivity (Wildman–Crippen MR) is 119 cm³/mol. The Balaban J connectivity index is 1.57. The van der Waals surface area contributed by atoms with E-state index in [2.05, 4.69) is 15.3 Å². The molecule has 2 aromatic heterocycles. The Kier molecular flexibility index (Phi) is 6.03. The lowest BCUT2D eigenvalue weighted by Gasteiger charge is -2.17. The van der Waals surface area contributed by atoms with E-state index >= 15 is 0 Å². The maximum atomic E-state index is 12.8. The minimum absolute atomic E-state index is 0.0119. The zero-order valence-electron chi connectivity index (χ0n) is 16.8. The summed E-state index contributed by atoms with van der Waals surface area (Å²) in [7, 11) is 0. The molecule has 31 heavy (non-hydrogen) atoms. The number of hydrogen-bond acceptors (Lipinski definition) is 4. The van der Waals surface area contributed by atoms with Gasteiger partial charge in [0.1, 0.15) is 0 Å². The number of carbonyl (C=O) groups excluding carboxylic acids is 1. The number of nitro groups is 1. The number of aromatic nitrogens is 2. The van der Waals surface area contributed by atoms with Gasteiger partial charge in [-0.3, -0.25) is 19.9 Å². The molecule has 2 N–H and O–H groups in total. The number of rotatable bonds is 8. The van der Waals surface area contributed by atoms with Crippen molar-refractivity contribution in [1.29, 1.82) is 0 Å². The molecule has 1 amide bonds. The van der Waals surface area contributed by atoms with Gasteiger partial charge in [-0.1, -0.05) is 36.4 Å². The summed E-state index contributed by atoms with van der Waals surface area (Å²) in [5.41, 5.74) is 3.56. The summed E-state index contributed by atoms with van der Waals surface area (Å²) in [5.74, 6) is -0.427. The van der Waals surface area contributed by atoms with Crippen molar-refractivity contribution >= 4 is 22.5 Å². The lowest BCUT2D eigenvalue weighted by atomic mass is 9.87. The van der Waals surface area contributed by atoms with E-state index in [1.54, 1.807) is 18.3 Å². The third-order valence-electron chi connectivity index (χ3n) is 5.30. The fourth-order valence-electron chi connectivity index (χ4n) is 3.78. The number of nitrogens with one attached hydrogen (secondary N) is 2. The van der Waals surface area contributed by atoms with Crippen LogP contribution in [0.4, 0.5) is 5.69 Å². The van der Waals surface area contributed by atoms with Gasteiger partial charge in [0.25, 0.3) is 5.69 Å². The molecule has 2 aromatic carbocycles. The van der Waals surface area contributed by atoms with Crippen molar-refractivity contribution in [2.24, 2.45) is 0 Å². The number of hydrogen-bond donors (Lipinski definition) is 2. The number of carbonyl (C=O) groups is 1. The Labute approximate surface area is 179 Å². The van der Waals surface area contributed by atoms with Crippen LogP contribution in [0.5, 0.6) is 0 Å². The summed E-state index contributed by atoms with van der Waals surface area (Å²) >= 11 is 0. The number of pyridine rings is 1. The topological polar surface area (TPSA) is 101 Å². The van der Waals surface area contributed by atoms with Gasteiger partial charge in [0, 0.05) is 66.4 Å². The second-order valence-corrected chi connectivity index (χ2v) is 7.32. The van der Waals surface area contributed by atoms with Crippen LogP contribution in [0.3, 0.4) is 0 Å². The maximum Gasteiger partial charge on any atom is 0.269 e. The highest BCUT2D eigenvalue weighted by Crippen LogP contribution is 2.34. The summed E-state index contributed by atoms with van der Waals surface area (Å²) in [6.45, 7) is 0.478. The number of fused-ring (bicyclic) bond motifs is 1. The molecule has 1 atom stereocenters. The number of non-ortho nitro benzene ring substituents is 1. The lowest BCUT2D eigenvalue weighted by Crippen LogP contribution is -2.27. The molecule has 2 heterocycles. The lowest BCUT2D eigenvalue weighted by molar-refractivity contribution is -0.384. The maximum absolute atomic E-state index is 12.8. The monoisotopic (exact) mass is 414 g/mol. The molecule has 0 bridgehead atoms. The van der Waals surface area contributed by atoms with Crippen LogP contribution in [0.25, 0.3) is 10.9 Å². The van der Waals surface area contributed by atoms with E-state index in [0.717, 1.165) is 27.7 Å². The van der Waals surface area contributed by atoms with Crippen molar-refractivity contribution < 1.29 is 9.72 Å². The SMILES string of the molecule is O=C(C[C@H](c1cccc([N+](=O)[O-])c1)c1c[nH]c2ccccc12)NCCc1ccccn1. The average Bonchev–Trinajstić information content (AvgIpc) is 3.22. The number of nitrogens with zero attached hydrogens (tertiary/aromatic N) is 2. The van der Waals surface area contributed by atoms with Gasteiger partial charge >= 0.3 is 0 Å². The number of H-pyrrole nitrogens is 1. The summed E-state index contributed by atoms with van der Waals surface area (Å²) in [5, 5.41) is 15.2. The first-order valence-electron chi connectivity index (χ1n) is 10.1. The van der Waals surface area contributed by atoms with E-state index in [1.807, 2.05) is 54.7 Å². The van der Waals surface area contributed by atoms with Crippen molar-refractivity contribution in [3.05, 3.63) is 106 Å². The van der Waals surface area contributed by atoms with Gasteiger partial charge in [0.15, 0.2) is 0 Å². The van der Waals surface area contributed by atoms with E-state index in [4.69, 9.17) is 0 Å².